The molecule has 0 aliphatic carbocycles. The SMILES string of the molecule is COc1ccc2[nH]c3cnc(-c4cccnc4)cc3c2c1-c1ccc(OCCN2CCCC2)cc1. The van der Waals surface area contributed by atoms with Gasteiger partial charge in [-0.25, -0.2) is 0 Å². The number of methoxy groups -OCH3 is 1. The summed E-state index contributed by atoms with van der Waals surface area (Å²) in [6, 6.07) is 18.5. The summed E-state index contributed by atoms with van der Waals surface area (Å²) >= 11 is 0. The van der Waals surface area contributed by atoms with Gasteiger partial charge in [-0.15, -0.1) is 0 Å². The van der Waals surface area contributed by atoms with Crippen LogP contribution in [0.1, 0.15) is 12.8 Å². The molecule has 1 saturated heterocycles. The zero-order valence-electron chi connectivity index (χ0n) is 19.8. The molecule has 4 heterocycles. The van der Waals surface area contributed by atoms with E-state index in [1.165, 1.54) is 25.9 Å². The molecule has 0 spiro atoms. The molecular formula is C29H28N4O2. The van der Waals surface area contributed by atoms with Crippen molar-refractivity contribution >= 4 is 21.8 Å². The van der Waals surface area contributed by atoms with E-state index < -0.39 is 0 Å². The highest BCUT2D eigenvalue weighted by molar-refractivity contribution is 6.16. The van der Waals surface area contributed by atoms with E-state index in [1.807, 2.05) is 30.6 Å². The Kier molecular flexibility index (Phi) is 5.80. The molecule has 3 aromatic heterocycles. The Balaban J connectivity index is 1.38. The zero-order valence-corrected chi connectivity index (χ0v) is 19.8. The molecule has 1 aliphatic heterocycles. The van der Waals surface area contributed by atoms with Gasteiger partial charge in [0.1, 0.15) is 18.1 Å². The average Bonchev–Trinajstić information content (AvgIpc) is 3.56. The van der Waals surface area contributed by atoms with Crippen LogP contribution in [0.4, 0.5) is 0 Å². The highest BCUT2D eigenvalue weighted by atomic mass is 16.5. The van der Waals surface area contributed by atoms with Gasteiger partial charge in [-0.2, -0.15) is 0 Å². The maximum Gasteiger partial charge on any atom is 0.127 e. The van der Waals surface area contributed by atoms with Gasteiger partial charge in [0, 0.05) is 46.4 Å². The van der Waals surface area contributed by atoms with Gasteiger partial charge in [0.15, 0.2) is 0 Å². The van der Waals surface area contributed by atoms with Gasteiger partial charge in [0.05, 0.1) is 24.5 Å². The Labute approximate surface area is 204 Å². The number of aromatic amines is 1. The predicted molar refractivity (Wildman–Crippen MR) is 140 cm³/mol. The molecule has 0 atom stereocenters. The minimum absolute atomic E-state index is 0.713. The first-order valence-electron chi connectivity index (χ1n) is 12.1. The van der Waals surface area contributed by atoms with Crippen molar-refractivity contribution in [3.63, 3.8) is 0 Å². The van der Waals surface area contributed by atoms with Crippen LogP contribution in [0.3, 0.4) is 0 Å². The molecule has 6 rings (SSSR count). The summed E-state index contributed by atoms with van der Waals surface area (Å²) in [5.74, 6) is 1.72. The number of aromatic nitrogens is 3. The molecule has 0 amide bonds. The summed E-state index contributed by atoms with van der Waals surface area (Å²) in [6.07, 6.45) is 8.11. The monoisotopic (exact) mass is 464 g/mol. The van der Waals surface area contributed by atoms with E-state index in [1.54, 1.807) is 13.3 Å². The summed E-state index contributed by atoms with van der Waals surface area (Å²) in [5.41, 5.74) is 6.06. The van der Waals surface area contributed by atoms with E-state index in [9.17, 15) is 0 Å². The number of nitrogens with one attached hydrogen (secondary N) is 1. The van der Waals surface area contributed by atoms with E-state index in [0.29, 0.717) is 6.61 Å². The normalized spacial score (nSPS) is 14.1. The summed E-state index contributed by atoms with van der Waals surface area (Å²) in [6.45, 7) is 4.08. The Morgan fingerprint density at radius 2 is 1.80 bits per heavy atom. The Bertz CT molecular complexity index is 1460. The number of hydrogen-bond donors (Lipinski definition) is 1. The second-order valence-electron chi connectivity index (χ2n) is 8.97. The third kappa shape index (κ3) is 4.21. The predicted octanol–water partition coefficient (Wildman–Crippen LogP) is 5.93. The minimum Gasteiger partial charge on any atom is -0.496 e. The van der Waals surface area contributed by atoms with Crippen LogP contribution in [-0.2, 0) is 0 Å². The average molecular weight is 465 g/mol. The van der Waals surface area contributed by atoms with Crippen LogP contribution in [0.2, 0.25) is 0 Å². The van der Waals surface area contributed by atoms with Gasteiger partial charge < -0.3 is 14.5 Å². The van der Waals surface area contributed by atoms with Crippen LogP contribution in [0, 0.1) is 0 Å². The smallest absolute Gasteiger partial charge is 0.127 e. The van der Waals surface area contributed by atoms with Gasteiger partial charge in [-0.1, -0.05) is 12.1 Å². The zero-order chi connectivity index (χ0) is 23.6. The number of nitrogens with zero attached hydrogens (tertiary/aromatic N) is 3. The maximum absolute atomic E-state index is 6.03. The van der Waals surface area contributed by atoms with Crippen molar-refractivity contribution in [3.8, 4) is 33.9 Å². The van der Waals surface area contributed by atoms with E-state index >= 15 is 0 Å². The number of rotatable bonds is 7. The van der Waals surface area contributed by atoms with Gasteiger partial charge >= 0.3 is 0 Å². The Hall–Kier alpha value is -3.90. The number of benzene rings is 2. The molecule has 0 radical (unpaired) electrons. The third-order valence-corrected chi connectivity index (χ3v) is 6.80. The number of hydrogen-bond acceptors (Lipinski definition) is 5. The molecule has 0 saturated carbocycles. The molecule has 1 aliphatic rings. The number of fused-ring (bicyclic) bond motifs is 3. The number of ether oxygens (including phenoxy) is 2. The molecule has 0 unspecified atom stereocenters. The van der Waals surface area contributed by atoms with Crippen molar-refractivity contribution in [1.82, 2.24) is 19.9 Å². The van der Waals surface area contributed by atoms with Gasteiger partial charge in [-0.3, -0.25) is 14.9 Å². The van der Waals surface area contributed by atoms with Crippen molar-refractivity contribution in [2.45, 2.75) is 12.8 Å². The first-order valence-corrected chi connectivity index (χ1v) is 12.1. The molecule has 0 bridgehead atoms. The first-order chi connectivity index (χ1) is 17.3. The van der Waals surface area contributed by atoms with E-state index in [4.69, 9.17) is 9.47 Å². The van der Waals surface area contributed by atoms with Crippen molar-refractivity contribution in [2.24, 2.45) is 0 Å². The molecule has 1 N–H and O–H groups in total. The first kappa shape index (κ1) is 21.6. The van der Waals surface area contributed by atoms with E-state index in [2.05, 4.69) is 56.3 Å². The van der Waals surface area contributed by atoms with Gasteiger partial charge in [0.2, 0.25) is 0 Å². The minimum atomic E-state index is 0.713. The Morgan fingerprint density at radius 3 is 2.57 bits per heavy atom. The fourth-order valence-electron chi connectivity index (χ4n) is 5.02. The third-order valence-electron chi connectivity index (χ3n) is 6.80. The highest BCUT2D eigenvalue weighted by Crippen LogP contribution is 2.41. The van der Waals surface area contributed by atoms with E-state index in [0.717, 1.165) is 62.2 Å². The fraction of sp³-hybridized carbons (Fsp3) is 0.241. The molecule has 35 heavy (non-hydrogen) atoms. The van der Waals surface area contributed by atoms with Crippen molar-refractivity contribution in [1.29, 1.82) is 0 Å². The van der Waals surface area contributed by atoms with E-state index in [-0.39, 0.29) is 0 Å². The summed E-state index contributed by atoms with van der Waals surface area (Å²) in [4.78, 5) is 14.9. The molecule has 2 aromatic carbocycles. The fourth-order valence-corrected chi connectivity index (χ4v) is 5.02. The summed E-state index contributed by atoms with van der Waals surface area (Å²) < 4.78 is 11.8. The Morgan fingerprint density at radius 1 is 0.943 bits per heavy atom. The second kappa shape index (κ2) is 9.39. The molecule has 5 aromatic rings. The lowest BCUT2D eigenvalue weighted by molar-refractivity contribution is 0.238. The van der Waals surface area contributed by atoms with Crippen molar-refractivity contribution in [3.05, 3.63) is 73.2 Å². The largest absolute Gasteiger partial charge is 0.496 e. The van der Waals surface area contributed by atoms with Crippen molar-refractivity contribution < 1.29 is 9.47 Å². The van der Waals surface area contributed by atoms with Crippen LogP contribution in [0.25, 0.3) is 44.2 Å². The van der Waals surface area contributed by atoms with Crippen LogP contribution >= 0.6 is 0 Å². The molecular weight excluding hydrogens is 436 g/mol. The summed E-state index contributed by atoms with van der Waals surface area (Å²) in [5, 5.41) is 2.23. The molecule has 1 fully saturated rings. The molecule has 6 heteroatoms. The quantitative estimate of drug-likeness (QED) is 0.324. The standard InChI is InChI=1S/C29H28N4O2/c1-34-27-11-10-24-29(23-17-25(31-19-26(23)32-24)21-5-4-12-30-18-21)28(27)20-6-8-22(9-7-20)35-16-15-33-13-2-3-14-33/h4-12,17-19,32H,2-3,13-16H2,1H3. The molecule has 176 valence electrons. The van der Waals surface area contributed by atoms with Crippen LogP contribution in [0.5, 0.6) is 11.5 Å². The lowest BCUT2D eigenvalue weighted by Gasteiger charge is -2.15. The van der Waals surface area contributed by atoms with Crippen molar-refractivity contribution in [2.75, 3.05) is 33.4 Å². The van der Waals surface area contributed by atoms with Gasteiger partial charge in [-0.05, 0) is 74.0 Å². The second-order valence-corrected chi connectivity index (χ2v) is 8.97. The number of H-pyrrole nitrogens is 1. The van der Waals surface area contributed by atoms with Crippen LogP contribution < -0.4 is 9.47 Å². The topological polar surface area (TPSA) is 63.3 Å². The number of likely N-dealkylation sites (tertiary alicyclic amines) is 1. The maximum atomic E-state index is 6.03. The number of pyridine rings is 2. The summed E-state index contributed by atoms with van der Waals surface area (Å²) in [7, 11) is 1.72. The highest BCUT2D eigenvalue weighted by Gasteiger charge is 2.17. The lowest BCUT2D eigenvalue weighted by atomic mass is 9.98. The molecule has 6 nitrogen and oxygen atoms in total. The van der Waals surface area contributed by atoms with Gasteiger partial charge in [0.25, 0.3) is 0 Å². The van der Waals surface area contributed by atoms with Crippen LogP contribution in [0.15, 0.2) is 73.2 Å². The van der Waals surface area contributed by atoms with Crippen LogP contribution in [-0.4, -0.2) is 53.2 Å². The lowest BCUT2D eigenvalue weighted by Crippen LogP contribution is -2.25.